The Bertz CT molecular complexity index is 713. The Morgan fingerprint density at radius 1 is 1.21 bits per heavy atom. The van der Waals surface area contributed by atoms with Crippen LogP contribution in [0.5, 0.6) is 0 Å². The first-order valence-electron chi connectivity index (χ1n) is 7.81. The van der Waals surface area contributed by atoms with Crippen molar-refractivity contribution in [3.8, 4) is 0 Å². The van der Waals surface area contributed by atoms with Gasteiger partial charge in [-0.3, -0.25) is 9.59 Å². The number of amides is 2. The van der Waals surface area contributed by atoms with Crippen LogP contribution < -0.4 is 5.32 Å². The second-order valence-electron chi connectivity index (χ2n) is 6.11. The third-order valence-electron chi connectivity index (χ3n) is 4.14. The van der Waals surface area contributed by atoms with E-state index in [0.717, 1.165) is 17.1 Å². The minimum absolute atomic E-state index is 0.0225. The number of nitrogens with zero attached hydrogens (tertiary/aromatic N) is 2. The normalized spacial score (nSPS) is 18.5. The molecule has 0 saturated carbocycles. The van der Waals surface area contributed by atoms with Gasteiger partial charge in [0.25, 0.3) is 0 Å². The topological polar surface area (TPSA) is 86.8 Å². The van der Waals surface area contributed by atoms with E-state index in [0.29, 0.717) is 18.8 Å². The van der Waals surface area contributed by atoms with Gasteiger partial charge in [0.15, 0.2) is 0 Å². The fourth-order valence-electron chi connectivity index (χ4n) is 2.64. The SMILES string of the molecule is CC(=O)N1CCC[C@H](C(=O)Nc2ccc(S(=O)(=O)N(C)C)cc2)C1. The number of carbonyl (C=O) groups excluding carboxylic acids is 2. The summed E-state index contributed by atoms with van der Waals surface area (Å²) in [5, 5.41) is 2.79. The van der Waals surface area contributed by atoms with Gasteiger partial charge in [-0.15, -0.1) is 0 Å². The molecule has 0 aromatic heterocycles. The summed E-state index contributed by atoms with van der Waals surface area (Å²) < 4.78 is 25.2. The van der Waals surface area contributed by atoms with Crippen molar-refractivity contribution in [1.82, 2.24) is 9.21 Å². The second-order valence-corrected chi connectivity index (χ2v) is 8.26. The Labute approximate surface area is 142 Å². The molecule has 2 rings (SSSR count). The van der Waals surface area contributed by atoms with Crippen LogP contribution in [0.2, 0.25) is 0 Å². The van der Waals surface area contributed by atoms with Gasteiger partial charge in [0.1, 0.15) is 0 Å². The first-order valence-corrected chi connectivity index (χ1v) is 9.25. The molecular formula is C16H23N3O4S. The van der Waals surface area contributed by atoms with Crippen LogP contribution >= 0.6 is 0 Å². The van der Waals surface area contributed by atoms with E-state index in [2.05, 4.69) is 5.32 Å². The molecular weight excluding hydrogens is 330 g/mol. The van der Waals surface area contributed by atoms with E-state index in [1.54, 1.807) is 17.0 Å². The highest BCUT2D eigenvalue weighted by Crippen LogP contribution is 2.20. The van der Waals surface area contributed by atoms with Crippen molar-refractivity contribution in [2.75, 3.05) is 32.5 Å². The van der Waals surface area contributed by atoms with Gasteiger partial charge in [-0.2, -0.15) is 0 Å². The van der Waals surface area contributed by atoms with Crippen LogP contribution in [0, 0.1) is 5.92 Å². The van der Waals surface area contributed by atoms with E-state index in [1.165, 1.54) is 33.2 Å². The van der Waals surface area contributed by atoms with Crippen LogP contribution in [-0.2, 0) is 19.6 Å². The molecule has 0 spiro atoms. The molecule has 2 amide bonds. The van der Waals surface area contributed by atoms with E-state index in [9.17, 15) is 18.0 Å². The van der Waals surface area contributed by atoms with Gasteiger partial charge in [-0.05, 0) is 37.1 Å². The number of anilines is 1. The van der Waals surface area contributed by atoms with Gasteiger partial charge in [-0.25, -0.2) is 12.7 Å². The third-order valence-corrected chi connectivity index (χ3v) is 5.97. The molecule has 132 valence electrons. The zero-order chi connectivity index (χ0) is 17.9. The van der Waals surface area contributed by atoms with Gasteiger partial charge in [0, 0.05) is 39.8 Å². The summed E-state index contributed by atoms with van der Waals surface area (Å²) in [5.74, 6) is -0.414. The molecule has 1 atom stereocenters. The zero-order valence-electron chi connectivity index (χ0n) is 14.2. The predicted octanol–water partition coefficient (Wildman–Crippen LogP) is 1.13. The highest BCUT2D eigenvalue weighted by molar-refractivity contribution is 7.89. The number of piperidine rings is 1. The molecule has 1 aromatic rings. The molecule has 0 aliphatic carbocycles. The van der Waals surface area contributed by atoms with Crippen LogP contribution in [0.15, 0.2) is 29.2 Å². The number of sulfonamides is 1. The van der Waals surface area contributed by atoms with E-state index in [-0.39, 0.29) is 22.6 Å². The highest BCUT2D eigenvalue weighted by Gasteiger charge is 2.27. The first-order chi connectivity index (χ1) is 11.2. The van der Waals surface area contributed by atoms with Crippen molar-refractivity contribution in [2.45, 2.75) is 24.7 Å². The van der Waals surface area contributed by atoms with E-state index >= 15 is 0 Å². The van der Waals surface area contributed by atoms with E-state index in [4.69, 9.17) is 0 Å². The average Bonchev–Trinajstić information content (AvgIpc) is 2.55. The van der Waals surface area contributed by atoms with Gasteiger partial charge < -0.3 is 10.2 Å². The monoisotopic (exact) mass is 353 g/mol. The minimum Gasteiger partial charge on any atom is -0.342 e. The first kappa shape index (κ1) is 18.4. The molecule has 0 bridgehead atoms. The standard InChI is InChI=1S/C16H23N3O4S/c1-12(20)19-10-4-5-13(11-19)16(21)17-14-6-8-15(9-7-14)24(22,23)18(2)3/h6-9,13H,4-5,10-11H2,1-3H3,(H,17,21)/t13-/m0/s1. The summed E-state index contributed by atoms with van der Waals surface area (Å²) in [5.41, 5.74) is 0.539. The molecule has 0 unspecified atom stereocenters. The van der Waals surface area contributed by atoms with Crippen LogP contribution in [-0.4, -0.2) is 56.6 Å². The zero-order valence-corrected chi connectivity index (χ0v) is 15.0. The van der Waals surface area contributed by atoms with Crippen molar-refractivity contribution in [2.24, 2.45) is 5.92 Å². The Hall–Kier alpha value is -1.93. The van der Waals surface area contributed by atoms with Crippen molar-refractivity contribution in [1.29, 1.82) is 0 Å². The summed E-state index contributed by atoms with van der Waals surface area (Å²) in [6.07, 6.45) is 1.54. The Kier molecular flexibility index (Phi) is 5.61. The molecule has 8 heteroatoms. The lowest BCUT2D eigenvalue weighted by atomic mass is 9.97. The largest absolute Gasteiger partial charge is 0.342 e. The number of hydrogen-bond acceptors (Lipinski definition) is 4. The third kappa shape index (κ3) is 4.12. The molecule has 1 aliphatic heterocycles. The van der Waals surface area contributed by atoms with Crippen molar-refractivity contribution in [3.63, 3.8) is 0 Å². The maximum absolute atomic E-state index is 12.4. The Balaban J connectivity index is 2.03. The van der Waals surface area contributed by atoms with E-state index in [1.807, 2.05) is 0 Å². The van der Waals surface area contributed by atoms with Gasteiger partial charge >= 0.3 is 0 Å². The van der Waals surface area contributed by atoms with Crippen molar-refractivity contribution >= 4 is 27.5 Å². The second kappa shape index (κ2) is 7.31. The lowest BCUT2D eigenvalue weighted by Crippen LogP contribution is -2.42. The molecule has 1 aromatic carbocycles. The quantitative estimate of drug-likeness (QED) is 0.879. The molecule has 1 fully saturated rings. The number of nitrogens with one attached hydrogen (secondary N) is 1. The smallest absolute Gasteiger partial charge is 0.242 e. The molecule has 7 nitrogen and oxygen atoms in total. The number of carbonyl (C=O) groups is 2. The molecule has 24 heavy (non-hydrogen) atoms. The lowest BCUT2D eigenvalue weighted by molar-refractivity contribution is -0.132. The summed E-state index contributed by atoms with van der Waals surface area (Å²) in [4.78, 5) is 25.6. The lowest BCUT2D eigenvalue weighted by Gasteiger charge is -2.31. The molecule has 1 heterocycles. The average molecular weight is 353 g/mol. The van der Waals surface area contributed by atoms with Crippen molar-refractivity contribution < 1.29 is 18.0 Å². The number of benzene rings is 1. The fraction of sp³-hybridized carbons (Fsp3) is 0.500. The Morgan fingerprint density at radius 3 is 2.38 bits per heavy atom. The molecule has 1 aliphatic rings. The number of likely N-dealkylation sites (tertiary alicyclic amines) is 1. The molecule has 1 saturated heterocycles. The summed E-state index contributed by atoms with van der Waals surface area (Å²) >= 11 is 0. The van der Waals surface area contributed by atoms with Crippen LogP contribution in [0.3, 0.4) is 0 Å². The number of rotatable bonds is 4. The Morgan fingerprint density at radius 2 is 1.83 bits per heavy atom. The van der Waals surface area contributed by atoms with Crippen LogP contribution in [0.25, 0.3) is 0 Å². The van der Waals surface area contributed by atoms with Crippen LogP contribution in [0.4, 0.5) is 5.69 Å². The van der Waals surface area contributed by atoms with Gasteiger partial charge in [0.2, 0.25) is 21.8 Å². The summed E-state index contributed by atoms with van der Waals surface area (Å²) in [7, 11) is -0.549. The maximum atomic E-state index is 12.4. The summed E-state index contributed by atoms with van der Waals surface area (Å²) in [6, 6.07) is 6.07. The highest BCUT2D eigenvalue weighted by atomic mass is 32.2. The maximum Gasteiger partial charge on any atom is 0.242 e. The molecule has 1 N–H and O–H groups in total. The fourth-order valence-corrected chi connectivity index (χ4v) is 3.54. The minimum atomic E-state index is -3.48. The van der Waals surface area contributed by atoms with E-state index < -0.39 is 10.0 Å². The van der Waals surface area contributed by atoms with Crippen molar-refractivity contribution in [3.05, 3.63) is 24.3 Å². The molecule has 0 radical (unpaired) electrons. The van der Waals surface area contributed by atoms with Gasteiger partial charge in [0.05, 0.1) is 10.8 Å². The summed E-state index contributed by atoms with van der Waals surface area (Å²) in [6.45, 7) is 2.62. The van der Waals surface area contributed by atoms with Crippen LogP contribution in [0.1, 0.15) is 19.8 Å². The van der Waals surface area contributed by atoms with Gasteiger partial charge in [-0.1, -0.05) is 0 Å². The number of hydrogen-bond donors (Lipinski definition) is 1. The predicted molar refractivity (Wildman–Crippen MR) is 90.9 cm³/mol.